The first-order valence-electron chi connectivity index (χ1n) is 6.96. The summed E-state index contributed by atoms with van der Waals surface area (Å²) in [5.41, 5.74) is 0. The number of ether oxygens (including phenoxy) is 1. The Kier molecular flexibility index (Phi) is 4.47. The van der Waals surface area contributed by atoms with Crippen LogP contribution in [0.15, 0.2) is 47.6 Å². The van der Waals surface area contributed by atoms with Crippen LogP contribution in [0.25, 0.3) is 10.8 Å². The van der Waals surface area contributed by atoms with Crippen molar-refractivity contribution < 1.29 is 14.6 Å². The molecule has 23 heavy (non-hydrogen) atoms. The summed E-state index contributed by atoms with van der Waals surface area (Å²) in [4.78, 5) is 10.5. The lowest BCUT2D eigenvalue weighted by Gasteiger charge is -2.08. The van der Waals surface area contributed by atoms with E-state index in [1.54, 1.807) is 11.6 Å². The summed E-state index contributed by atoms with van der Waals surface area (Å²) in [5, 5.41) is 21.3. The highest BCUT2D eigenvalue weighted by Crippen LogP contribution is 2.22. The van der Waals surface area contributed by atoms with Gasteiger partial charge in [-0.3, -0.25) is 0 Å². The second-order valence-corrected chi connectivity index (χ2v) is 5.86. The third kappa shape index (κ3) is 3.62. The number of hydrogen-bond acceptors (Lipinski definition) is 6. The van der Waals surface area contributed by atoms with E-state index in [9.17, 15) is 9.90 Å². The van der Waals surface area contributed by atoms with Crippen molar-refractivity contribution >= 4 is 28.5 Å². The van der Waals surface area contributed by atoms with E-state index in [-0.39, 0.29) is 12.4 Å². The van der Waals surface area contributed by atoms with Crippen LogP contribution < -0.4 is 9.84 Å². The molecule has 0 unspecified atom stereocenters. The number of aliphatic carboxylic acids is 1. The predicted molar refractivity (Wildman–Crippen MR) is 85.0 cm³/mol. The van der Waals surface area contributed by atoms with Gasteiger partial charge in [-0.05, 0) is 22.9 Å². The highest BCUT2D eigenvalue weighted by molar-refractivity contribution is 7.99. The lowest BCUT2D eigenvalue weighted by atomic mass is 10.1. The predicted octanol–water partition coefficient (Wildman–Crippen LogP) is 1.39. The van der Waals surface area contributed by atoms with Gasteiger partial charge in [-0.1, -0.05) is 42.1 Å². The number of fused-ring (bicyclic) bond motifs is 1. The molecule has 3 rings (SSSR count). The Morgan fingerprint density at radius 2 is 2.00 bits per heavy atom. The van der Waals surface area contributed by atoms with Crippen LogP contribution in [-0.4, -0.2) is 26.5 Å². The Morgan fingerprint density at radius 1 is 1.22 bits per heavy atom. The fourth-order valence-electron chi connectivity index (χ4n) is 2.12. The zero-order chi connectivity index (χ0) is 16.2. The zero-order valence-electron chi connectivity index (χ0n) is 12.4. The molecule has 0 radical (unpaired) electrons. The second kappa shape index (κ2) is 6.70. The molecule has 0 atom stereocenters. The van der Waals surface area contributed by atoms with E-state index in [0.717, 1.165) is 28.3 Å². The monoisotopic (exact) mass is 328 g/mol. The summed E-state index contributed by atoms with van der Waals surface area (Å²) in [6.45, 7) is 0.258. The van der Waals surface area contributed by atoms with Gasteiger partial charge in [0, 0.05) is 12.8 Å². The van der Waals surface area contributed by atoms with Crippen molar-refractivity contribution in [3.05, 3.63) is 48.3 Å². The Balaban J connectivity index is 1.68. The first-order valence-corrected chi connectivity index (χ1v) is 7.94. The number of carbonyl (C=O) groups is 1. The normalized spacial score (nSPS) is 10.8. The average Bonchev–Trinajstić information content (AvgIpc) is 2.91. The molecular weight excluding hydrogens is 314 g/mol. The minimum Gasteiger partial charge on any atom is -0.549 e. The molecular formula is C16H14N3O3S-. The fourth-order valence-corrected chi connectivity index (χ4v) is 2.77. The largest absolute Gasteiger partial charge is 0.549 e. The van der Waals surface area contributed by atoms with Crippen molar-refractivity contribution in [1.29, 1.82) is 0 Å². The van der Waals surface area contributed by atoms with E-state index in [2.05, 4.69) is 10.2 Å². The van der Waals surface area contributed by atoms with Crippen LogP contribution in [0.5, 0.6) is 5.75 Å². The molecule has 0 bridgehead atoms. The summed E-state index contributed by atoms with van der Waals surface area (Å²) in [6.07, 6.45) is 0. The molecule has 0 fully saturated rings. The highest BCUT2D eigenvalue weighted by atomic mass is 32.2. The first-order chi connectivity index (χ1) is 11.1. The molecule has 0 saturated heterocycles. The lowest BCUT2D eigenvalue weighted by Crippen LogP contribution is -2.24. The number of carboxylic acid groups (broad SMARTS) is 1. The maximum atomic E-state index is 10.5. The van der Waals surface area contributed by atoms with Gasteiger partial charge < -0.3 is 19.2 Å². The first kappa shape index (κ1) is 15.4. The van der Waals surface area contributed by atoms with E-state index in [1.807, 2.05) is 42.5 Å². The molecule has 6 nitrogen and oxygen atoms in total. The molecule has 0 amide bonds. The smallest absolute Gasteiger partial charge is 0.191 e. The zero-order valence-corrected chi connectivity index (χ0v) is 13.2. The Hall–Kier alpha value is -2.54. The molecule has 2 aromatic carbocycles. The third-order valence-electron chi connectivity index (χ3n) is 3.33. The standard InChI is InChI=1S/C16H15N3O3S/c1-19-14(17-18-16(19)23-10-15(20)21)9-22-13-7-6-11-4-2-3-5-12(11)8-13/h2-8H,9-10H2,1H3,(H,20,21)/p-1. The van der Waals surface area contributed by atoms with E-state index < -0.39 is 5.97 Å². The van der Waals surface area contributed by atoms with Gasteiger partial charge in [0.15, 0.2) is 11.0 Å². The number of benzene rings is 2. The topological polar surface area (TPSA) is 80.1 Å². The third-order valence-corrected chi connectivity index (χ3v) is 4.33. The summed E-state index contributed by atoms with van der Waals surface area (Å²) < 4.78 is 7.48. The van der Waals surface area contributed by atoms with Crippen molar-refractivity contribution in [2.24, 2.45) is 7.05 Å². The van der Waals surface area contributed by atoms with Gasteiger partial charge >= 0.3 is 0 Å². The van der Waals surface area contributed by atoms with Crippen molar-refractivity contribution in [2.75, 3.05) is 5.75 Å². The van der Waals surface area contributed by atoms with Crippen molar-refractivity contribution in [3.8, 4) is 5.75 Å². The second-order valence-electron chi connectivity index (χ2n) is 4.92. The number of hydrogen-bond donors (Lipinski definition) is 0. The highest BCUT2D eigenvalue weighted by Gasteiger charge is 2.10. The maximum absolute atomic E-state index is 10.5. The van der Waals surface area contributed by atoms with Gasteiger partial charge in [0.1, 0.15) is 12.4 Å². The van der Waals surface area contributed by atoms with Gasteiger partial charge in [0.25, 0.3) is 0 Å². The van der Waals surface area contributed by atoms with Gasteiger partial charge in [-0.15, -0.1) is 10.2 Å². The van der Waals surface area contributed by atoms with Crippen LogP contribution in [-0.2, 0) is 18.4 Å². The number of carboxylic acids is 1. The summed E-state index contributed by atoms with van der Waals surface area (Å²) >= 11 is 1.07. The molecule has 7 heteroatoms. The van der Waals surface area contributed by atoms with Crippen molar-refractivity contribution in [3.63, 3.8) is 0 Å². The molecule has 0 aliphatic heterocycles. The maximum Gasteiger partial charge on any atom is 0.191 e. The molecule has 0 N–H and O–H groups in total. The number of aromatic nitrogens is 3. The average molecular weight is 328 g/mol. The van der Waals surface area contributed by atoms with E-state index in [0.29, 0.717) is 11.0 Å². The number of rotatable bonds is 6. The van der Waals surface area contributed by atoms with Gasteiger partial charge in [0.05, 0.1) is 5.97 Å². The summed E-state index contributed by atoms with van der Waals surface area (Å²) in [6, 6.07) is 13.9. The quantitative estimate of drug-likeness (QED) is 0.636. The van der Waals surface area contributed by atoms with E-state index in [1.165, 1.54) is 0 Å². The number of carbonyl (C=O) groups excluding carboxylic acids is 1. The van der Waals surface area contributed by atoms with E-state index >= 15 is 0 Å². The van der Waals surface area contributed by atoms with Gasteiger partial charge in [-0.25, -0.2) is 0 Å². The van der Waals surface area contributed by atoms with Crippen LogP contribution in [0.2, 0.25) is 0 Å². The van der Waals surface area contributed by atoms with Crippen LogP contribution in [0.1, 0.15) is 5.82 Å². The summed E-state index contributed by atoms with van der Waals surface area (Å²) in [5.74, 6) is 0.0823. The number of thioether (sulfide) groups is 1. The molecule has 0 spiro atoms. The summed E-state index contributed by atoms with van der Waals surface area (Å²) in [7, 11) is 1.77. The molecule has 0 aliphatic rings. The van der Waals surface area contributed by atoms with Crippen molar-refractivity contribution in [1.82, 2.24) is 14.8 Å². The Bertz CT molecular complexity index is 847. The van der Waals surface area contributed by atoms with Gasteiger partial charge in [-0.2, -0.15) is 0 Å². The van der Waals surface area contributed by atoms with Crippen molar-refractivity contribution in [2.45, 2.75) is 11.8 Å². The molecule has 1 aromatic heterocycles. The molecule has 0 aliphatic carbocycles. The number of nitrogens with zero attached hydrogens (tertiary/aromatic N) is 3. The van der Waals surface area contributed by atoms with Crippen LogP contribution in [0, 0.1) is 0 Å². The van der Waals surface area contributed by atoms with Crippen LogP contribution in [0.4, 0.5) is 0 Å². The SMILES string of the molecule is Cn1c(COc2ccc3ccccc3c2)nnc1SCC(=O)[O-]. The van der Waals surface area contributed by atoms with Crippen LogP contribution >= 0.6 is 11.8 Å². The minimum atomic E-state index is -1.13. The lowest BCUT2D eigenvalue weighted by molar-refractivity contribution is -0.301. The van der Waals surface area contributed by atoms with E-state index in [4.69, 9.17) is 4.74 Å². The molecule has 3 aromatic rings. The minimum absolute atomic E-state index is 0.155. The molecule has 118 valence electrons. The molecule has 0 saturated carbocycles. The Morgan fingerprint density at radius 3 is 2.78 bits per heavy atom. The van der Waals surface area contributed by atoms with Crippen LogP contribution in [0.3, 0.4) is 0 Å². The van der Waals surface area contributed by atoms with Gasteiger partial charge in [0.2, 0.25) is 0 Å². The molecule has 1 heterocycles. The fraction of sp³-hybridized carbons (Fsp3) is 0.188. The Labute approximate surface area is 137 Å².